The van der Waals surface area contributed by atoms with Crippen molar-refractivity contribution >= 4 is 11.7 Å². The van der Waals surface area contributed by atoms with Gasteiger partial charge in [-0.1, -0.05) is 18.2 Å². The van der Waals surface area contributed by atoms with E-state index in [0.717, 1.165) is 43.8 Å². The third-order valence-corrected chi connectivity index (χ3v) is 5.29. The Balaban J connectivity index is 1.30. The Kier molecular flexibility index (Phi) is 6.35. The molecule has 0 unspecified atom stereocenters. The number of alkyl halides is 3. The third kappa shape index (κ3) is 5.41. The van der Waals surface area contributed by atoms with Gasteiger partial charge in [0.1, 0.15) is 0 Å². The standard InChI is InChI=1S/C21H22F3N7O/c22-21(23,24)15-6-8-18(9-7-15)31-19(27-28-29-31)14-30-12-10-17(11-13-30)26-20(32)25-16-4-2-1-3-5-16/h1-9,17H,10-14H2,(H2,25,26,32). The summed E-state index contributed by atoms with van der Waals surface area (Å²) in [6.45, 7) is 1.92. The summed E-state index contributed by atoms with van der Waals surface area (Å²) < 4.78 is 39.8. The van der Waals surface area contributed by atoms with Crippen LogP contribution in [0.3, 0.4) is 0 Å². The molecule has 4 rings (SSSR count). The molecule has 0 radical (unpaired) electrons. The predicted molar refractivity (Wildman–Crippen MR) is 111 cm³/mol. The summed E-state index contributed by atoms with van der Waals surface area (Å²) in [5.74, 6) is 0.540. The number of aromatic nitrogens is 4. The van der Waals surface area contributed by atoms with Gasteiger partial charge in [0.25, 0.3) is 0 Å². The zero-order valence-corrected chi connectivity index (χ0v) is 17.1. The molecule has 2 heterocycles. The van der Waals surface area contributed by atoms with Crippen molar-refractivity contribution in [2.75, 3.05) is 18.4 Å². The molecule has 1 aliphatic rings. The minimum absolute atomic E-state index is 0.0564. The van der Waals surface area contributed by atoms with Crippen LogP contribution in [-0.4, -0.2) is 50.3 Å². The summed E-state index contributed by atoms with van der Waals surface area (Å²) in [5, 5.41) is 17.4. The van der Waals surface area contributed by atoms with Crippen molar-refractivity contribution in [3.63, 3.8) is 0 Å². The lowest BCUT2D eigenvalue weighted by Crippen LogP contribution is -2.45. The van der Waals surface area contributed by atoms with E-state index >= 15 is 0 Å². The number of carbonyl (C=O) groups excluding carboxylic acids is 1. The molecule has 0 saturated carbocycles. The van der Waals surface area contributed by atoms with Crippen LogP contribution in [0, 0.1) is 0 Å². The van der Waals surface area contributed by atoms with E-state index in [1.165, 1.54) is 16.8 Å². The van der Waals surface area contributed by atoms with Gasteiger partial charge in [-0.3, -0.25) is 4.90 Å². The van der Waals surface area contributed by atoms with Gasteiger partial charge in [0, 0.05) is 24.8 Å². The van der Waals surface area contributed by atoms with Crippen LogP contribution in [0.25, 0.3) is 5.69 Å². The fourth-order valence-corrected chi connectivity index (χ4v) is 3.61. The fraction of sp³-hybridized carbons (Fsp3) is 0.333. The van der Waals surface area contributed by atoms with Gasteiger partial charge in [-0.2, -0.15) is 17.9 Å². The second-order valence-electron chi connectivity index (χ2n) is 7.57. The van der Waals surface area contributed by atoms with Crippen LogP contribution >= 0.6 is 0 Å². The number of tetrazole rings is 1. The Morgan fingerprint density at radius 1 is 1.03 bits per heavy atom. The molecule has 3 aromatic rings. The van der Waals surface area contributed by atoms with Gasteiger partial charge in [0.2, 0.25) is 0 Å². The molecule has 1 fully saturated rings. The highest BCUT2D eigenvalue weighted by atomic mass is 19.4. The van der Waals surface area contributed by atoms with Crippen molar-refractivity contribution in [3.8, 4) is 5.69 Å². The van der Waals surface area contributed by atoms with Crippen LogP contribution in [0.5, 0.6) is 0 Å². The van der Waals surface area contributed by atoms with E-state index in [0.29, 0.717) is 18.1 Å². The van der Waals surface area contributed by atoms with E-state index in [-0.39, 0.29) is 12.1 Å². The number of nitrogens with one attached hydrogen (secondary N) is 2. The molecule has 2 N–H and O–H groups in total. The first-order valence-electron chi connectivity index (χ1n) is 10.2. The van der Waals surface area contributed by atoms with Crippen LogP contribution in [0.4, 0.5) is 23.7 Å². The van der Waals surface area contributed by atoms with Crippen molar-refractivity contribution in [1.82, 2.24) is 30.4 Å². The van der Waals surface area contributed by atoms with Crippen LogP contribution in [0.15, 0.2) is 54.6 Å². The molecule has 2 amide bonds. The molecule has 1 aliphatic heterocycles. The molecule has 1 aromatic heterocycles. The first kappa shape index (κ1) is 21.8. The second-order valence-corrected chi connectivity index (χ2v) is 7.57. The number of likely N-dealkylation sites (tertiary alicyclic amines) is 1. The number of urea groups is 1. The van der Waals surface area contributed by atoms with Gasteiger partial charge in [-0.15, -0.1) is 5.10 Å². The van der Waals surface area contributed by atoms with Gasteiger partial charge in [-0.05, 0) is 59.7 Å². The molecule has 1 saturated heterocycles. The molecule has 0 atom stereocenters. The van der Waals surface area contributed by atoms with Crippen molar-refractivity contribution in [2.24, 2.45) is 0 Å². The van der Waals surface area contributed by atoms with Gasteiger partial charge >= 0.3 is 12.2 Å². The van der Waals surface area contributed by atoms with Crippen LogP contribution < -0.4 is 10.6 Å². The Bertz CT molecular complexity index is 1030. The highest BCUT2D eigenvalue weighted by Crippen LogP contribution is 2.29. The maximum atomic E-state index is 12.8. The highest BCUT2D eigenvalue weighted by Gasteiger charge is 2.30. The van der Waals surface area contributed by atoms with Crippen LogP contribution in [-0.2, 0) is 12.7 Å². The number of piperidine rings is 1. The summed E-state index contributed by atoms with van der Waals surface area (Å²) in [6, 6.07) is 13.8. The SMILES string of the molecule is O=C(Nc1ccccc1)NC1CCN(Cc2nnnn2-c2ccc(C(F)(F)F)cc2)CC1. The zero-order valence-electron chi connectivity index (χ0n) is 17.1. The lowest BCUT2D eigenvalue weighted by Gasteiger charge is -2.31. The Labute approximate surface area is 182 Å². The average Bonchev–Trinajstić information content (AvgIpc) is 3.23. The molecule has 11 heteroatoms. The first-order chi connectivity index (χ1) is 15.4. The van der Waals surface area contributed by atoms with E-state index in [1.54, 1.807) is 0 Å². The molecular formula is C21H22F3N7O. The van der Waals surface area contributed by atoms with Gasteiger partial charge in [-0.25, -0.2) is 4.79 Å². The monoisotopic (exact) mass is 445 g/mol. The fourth-order valence-electron chi connectivity index (χ4n) is 3.61. The van der Waals surface area contributed by atoms with E-state index in [1.807, 2.05) is 30.3 Å². The summed E-state index contributed by atoms with van der Waals surface area (Å²) >= 11 is 0. The number of hydrogen-bond donors (Lipinski definition) is 2. The number of hydrogen-bond acceptors (Lipinski definition) is 5. The second kappa shape index (κ2) is 9.35. The van der Waals surface area contributed by atoms with Crippen molar-refractivity contribution in [1.29, 1.82) is 0 Å². The molecule has 0 spiro atoms. The number of nitrogens with zero attached hydrogens (tertiary/aromatic N) is 5. The smallest absolute Gasteiger partial charge is 0.335 e. The number of benzene rings is 2. The predicted octanol–water partition coefficient (Wildman–Crippen LogP) is 3.47. The molecule has 32 heavy (non-hydrogen) atoms. The normalized spacial score (nSPS) is 15.5. The number of amides is 2. The first-order valence-corrected chi connectivity index (χ1v) is 10.2. The molecular weight excluding hydrogens is 423 g/mol. The summed E-state index contributed by atoms with van der Waals surface area (Å²) in [7, 11) is 0. The molecule has 2 aromatic carbocycles. The van der Waals surface area contributed by atoms with Gasteiger partial charge in [0.15, 0.2) is 5.82 Å². The molecule has 168 valence electrons. The number of rotatable bonds is 5. The summed E-state index contributed by atoms with van der Waals surface area (Å²) in [5.41, 5.74) is 0.478. The number of para-hydroxylation sites is 1. The Morgan fingerprint density at radius 2 is 1.72 bits per heavy atom. The minimum Gasteiger partial charge on any atom is -0.335 e. The average molecular weight is 445 g/mol. The minimum atomic E-state index is -4.39. The molecule has 0 aliphatic carbocycles. The maximum absolute atomic E-state index is 12.8. The lowest BCUT2D eigenvalue weighted by molar-refractivity contribution is -0.137. The van der Waals surface area contributed by atoms with E-state index in [9.17, 15) is 18.0 Å². The van der Waals surface area contributed by atoms with Crippen molar-refractivity contribution in [2.45, 2.75) is 31.6 Å². The third-order valence-electron chi connectivity index (χ3n) is 5.29. The van der Waals surface area contributed by atoms with Crippen LogP contribution in [0.2, 0.25) is 0 Å². The van der Waals surface area contributed by atoms with Crippen molar-refractivity contribution < 1.29 is 18.0 Å². The summed E-state index contributed by atoms with van der Waals surface area (Å²) in [4.78, 5) is 14.3. The summed E-state index contributed by atoms with van der Waals surface area (Å²) in [6.07, 6.45) is -2.85. The number of anilines is 1. The Morgan fingerprint density at radius 3 is 2.38 bits per heavy atom. The van der Waals surface area contributed by atoms with Gasteiger partial charge < -0.3 is 10.6 Å². The van der Waals surface area contributed by atoms with Crippen LogP contribution in [0.1, 0.15) is 24.2 Å². The topological polar surface area (TPSA) is 88.0 Å². The zero-order chi connectivity index (χ0) is 22.6. The van der Waals surface area contributed by atoms with E-state index < -0.39 is 11.7 Å². The highest BCUT2D eigenvalue weighted by molar-refractivity contribution is 5.89. The van der Waals surface area contributed by atoms with E-state index in [2.05, 4.69) is 31.1 Å². The number of halogens is 3. The Hall–Kier alpha value is -3.47. The molecule has 8 nitrogen and oxygen atoms in total. The quantitative estimate of drug-likeness (QED) is 0.628. The maximum Gasteiger partial charge on any atom is 0.416 e. The number of carbonyl (C=O) groups is 1. The largest absolute Gasteiger partial charge is 0.416 e. The molecule has 0 bridgehead atoms. The van der Waals surface area contributed by atoms with E-state index in [4.69, 9.17) is 0 Å². The van der Waals surface area contributed by atoms with Gasteiger partial charge in [0.05, 0.1) is 17.8 Å². The van der Waals surface area contributed by atoms with Crippen molar-refractivity contribution in [3.05, 3.63) is 66.0 Å². The lowest BCUT2D eigenvalue weighted by atomic mass is 10.1.